The van der Waals surface area contributed by atoms with Crippen LogP contribution in [0.2, 0.25) is 0 Å². The number of hydrogen-bond acceptors (Lipinski definition) is 4. The standard InChI is InChI=1S/C13H16N4OS/c1-17(2)11-5-3-4-9(7-14-11)6-10-8-15-13(19)16-12(10)18/h4-5,7-8H,3,6H2,1-2H3,(H2,15,16,18,19). The smallest absolute Gasteiger partial charge is 0.255 e. The highest BCUT2D eigenvalue weighted by atomic mass is 32.1. The second-order valence-corrected chi connectivity index (χ2v) is 4.91. The fourth-order valence-corrected chi connectivity index (χ4v) is 1.93. The summed E-state index contributed by atoms with van der Waals surface area (Å²) in [5, 5.41) is 0. The molecule has 0 radical (unpaired) electrons. The Kier molecular flexibility index (Phi) is 4.11. The lowest BCUT2D eigenvalue weighted by Gasteiger charge is -2.11. The number of rotatable bonds is 3. The van der Waals surface area contributed by atoms with Gasteiger partial charge in [-0.2, -0.15) is 0 Å². The van der Waals surface area contributed by atoms with Crippen LogP contribution in [-0.2, 0) is 6.42 Å². The van der Waals surface area contributed by atoms with Crippen LogP contribution in [0.15, 0.2) is 39.5 Å². The van der Waals surface area contributed by atoms with E-state index in [1.165, 1.54) is 0 Å². The summed E-state index contributed by atoms with van der Waals surface area (Å²) in [5.74, 6) is 0.924. The molecule has 1 aliphatic rings. The first-order valence-corrected chi connectivity index (χ1v) is 6.38. The van der Waals surface area contributed by atoms with Crippen molar-refractivity contribution in [1.82, 2.24) is 14.9 Å². The maximum absolute atomic E-state index is 11.7. The number of nitrogens with one attached hydrogen (secondary N) is 2. The topological polar surface area (TPSA) is 64.2 Å². The number of aromatic nitrogens is 2. The van der Waals surface area contributed by atoms with Gasteiger partial charge in [-0.15, -0.1) is 0 Å². The van der Waals surface area contributed by atoms with Gasteiger partial charge in [0, 0.05) is 38.5 Å². The van der Waals surface area contributed by atoms with Crippen molar-refractivity contribution in [3.05, 3.63) is 50.4 Å². The average Bonchev–Trinajstić information content (AvgIpc) is 2.58. The van der Waals surface area contributed by atoms with E-state index in [2.05, 4.69) is 21.0 Å². The zero-order chi connectivity index (χ0) is 13.8. The van der Waals surface area contributed by atoms with Crippen molar-refractivity contribution < 1.29 is 0 Å². The molecule has 2 heterocycles. The van der Waals surface area contributed by atoms with Gasteiger partial charge in [0.1, 0.15) is 5.82 Å². The van der Waals surface area contributed by atoms with Crippen LogP contribution in [0.25, 0.3) is 0 Å². The molecule has 100 valence electrons. The molecule has 1 aromatic heterocycles. The van der Waals surface area contributed by atoms with Crippen molar-refractivity contribution in [1.29, 1.82) is 0 Å². The molecule has 0 bridgehead atoms. The van der Waals surface area contributed by atoms with E-state index in [1.807, 2.05) is 25.1 Å². The van der Waals surface area contributed by atoms with Crippen LogP contribution >= 0.6 is 12.2 Å². The Labute approximate surface area is 116 Å². The van der Waals surface area contributed by atoms with Crippen molar-refractivity contribution >= 4 is 18.4 Å². The molecule has 0 amide bonds. The Morgan fingerprint density at radius 1 is 1.42 bits per heavy atom. The maximum atomic E-state index is 11.7. The minimum absolute atomic E-state index is 0.150. The van der Waals surface area contributed by atoms with Crippen LogP contribution in [0.1, 0.15) is 12.0 Å². The number of aromatic amines is 2. The molecule has 0 spiro atoms. The van der Waals surface area contributed by atoms with E-state index >= 15 is 0 Å². The van der Waals surface area contributed by atoms with Crippen molar-refractivity contribution in [2.75, 3.05) is 14.1 Å². The quantitative estimate of drug-likeness (QED) is 0.827. The molecule has 19 heavy (non-hydrogen) atoms. The van der Waals surface area contributed by atoms with Crippen molar-refractivity contribution in [3.63, 3.8) is 0 Å². The Morgan fingerprint density at radius 2 is 2.21 bits per heavy atom. The van der Waals surface area contributed by atoms with Gasteiger partial charge in [-0.1, -0.05) is 6.08 Å². The van der Waals surface area contributed by atoms with Crippen molar-refractivity contribution in [3.8, 4) is 0 Å². The minimum atomic E-state index is -0.150. The van der Waals surface area contributed by atoms with E-state index < -0.39 is 0 Å². The highest BCUT2D eigenvalue weighted by molar-refractivity contribution is 7.71. The van der Waals surface area contributed by atoms with E-state index in [1.54, 1.807) is 12.4 Å². The van der Waals surface area contributed by atoms with Gasteiger partial charge >= 0.3 is 0 Å². The highest BCUT2D eigenvalue weighted by Crippen LogP contribution is 2.11. The van der Waals surface area contributed by atoms with Crippen LogP contribution in [0, 0.1) is 4.77 Å². The second kappa shape index (κ2) is 5.79. The normalized spacial score (nSPS) is 14.6. The van der Waals surface area contributed by atoms with Crippen LogP contribution in [0.5, 0.6) is 0 Å². The number of H-pyrrole nitrogens is 2. The van der Waals surface area contributed by atoms with Gasteiger partial charge in [-0.3, -0.25) is 9.78 Å². The zero-order valence-corrected chi connectivity index (χ0v) is 11.8. The van der Waals surface area contributed by atoms with E-state index in [9.17, 15) is 4.79 Å². The second-order valence-electron chi connectivity index (χ2n) is 4.50. The van der Waals surface area contributed by atoms with Gasteiger partial charge in [-0.25, -0.2) is 4.99 Å². The molecule has 0 saturated carbocycles. The fourth-order valence-electron chi connectivity index (χ4n) is 1.77. The van der Waals surface area contributed by atoms with E-state index in [4.69, 9.17) is 12.2 Å². The first-order chi connectivity index (χ1) is 9.06. The van der Waals surface area contributed by atoms with Crippen molar-refractivity contribution in [2.24, 2.45) is 4.99 Å². The summed E-state index contributed by atoms with van der Waals surface area (Å²) in [6, 6.07) is 0. The lowest BCUT2D eigenvalue weighted by molar-refractivity contribution is 0.505. The van der Waals surface area contributed by atoms with Crippen LogP contribution in [0.4, 0.5) is 0 Å². The molecule has 1 aliphatic heterocycles. The summed E-state index contributed by atoms with van der Waals surface area (Å²) in [6.07, 6.45) is 8.93. The third kappa shape index (κ3) is 3.51. The van der Waals surface area contributed by atoms with E-state index in [-0.39, 0.29) is 5.56 Å². The molecule has 5 nitrogen and oxygen atoms in total. The zero-order valence-electron chi connectivity index (χ0n) is 10.9. The molecule has 0 fully saturated rings. The van der Waals surface area contributed by atoms with Gasteiger partial charge in [0.25, 0.3) is 5.56 Å². The fraction of sp³-hybridized carbons (Fsp3) is 0.308. The average molecular weight is 276 g/mol. The Bertz CT molecular complexity index is 664. The SMILES string of the molecule is CN(C)C1=CCC=C(Cc2c[nH]c(=S)[nH]c2=O)C=N1. The largest absolute Gasteiger partial charge is 0.363 e. The molecule has 0 aromatic carbocycles. The first-order valence-electron chi connectivity index (χ1n) is 5.98. The number of allylic oxidation sites excluding steroid dienone is 3. The molecule has 2 rings (SSSR count). The molecule has 6 heteroatoms. The summed E-state index contributed by atoms with van der Waals surface area (Å²) in [4.78, 5) is 23.5. The highest BCUT2D eigenvalue weighted by Gasteiger charge is 2.05. The Morgan fingerprint density at radius 3 is 2.89 bits per heavy atom. The third-order valence-corrected chi connectivity index (χ3v) is 3.01. The molecule has 0 atom stereocenters. The Balaban J connectivity index is 2.17. The van der Waals surface area contributed by atoms with Gasteiger partial charge in [0.15, 0.2) is 4.77 Å². The van der Waals surface area contributed by atoms with Crippen molar-refractivity contribution in [2.45, 2.75) is 12.8 Å². The van der Waals surface area contributed by atoms with E-state index in [0.717, 1.165) is 17.8 Å². The molecular weight excluding hydrogens is 260 g/mol. The van der Waals surface area contributed by atoms with E-state index in [0.29, 0.717) is 16.8 Å². The summed E-state index contributed by atoms with van der Waals surface area (Å²) >= 11 is 4.86. The van der Waals surface area contributed by atoms with Gasteiger partial charge in [0.05, 0.1) is 0 Å². The Hall–Kier alpha value is -1.95. The third-order valence-electron chi connectivity index (χ3n) is 2.79. The molecular formula is C13H16N4OS. The summed E-state index contributed by atoms with van der Waals surface area (Å²) in [7, 11) is 3.91. The van der Waals surface area contributed by atoms with Crippen LogP contribution < -0.4 is 5.56 Å². The van der Waals surface area contributed by atoms with Gasteiger partial charge < -0.3 is 9.88 Å². The molecule has 1 aromatic rings. The lowest BCUT2D eigenvalue weighted by Crippen LogP contribution is -2.14. The summed E-state index contributed by atoms with van der Waals surface area (Å²) < 4.78 is 0.342. The predicted octanol–water partition coefficient (Wildman–Crippen LogP) is 1.78. The summed E-state index contributed by atoms with van der Waals surface area (Å²) in [6.45, 7) is 0. The number of nitrogens with zero attached hydrogens (tertiary/aromatic N) is 2. The van der Waals surface area contributed by atoms with Crippen LogP contribution in [0.3, 0.4) is 0 Å². The number of hydrogen-bond donors (Lipinski definition) is 2. The molecule has 0 aliphatic carbocycles. The minimum Gasteiger partial charge on any atom is -0.363 e. The summed E-state index contributed by atoms with van der Waals surface area (Å²) in [5.41, 5.74) is 1.52. The first kappa shape index (κ1) is 13.5. The molecule has 0 saturated heterocycles. The maximum Gasteiger partial charge on any atom is 0.255 e. The molecule has 2 N–H and O–H groups in total. The molecule has 0 unspecified atom stereocenters. The number of aliphatic imine (C=N–C) groups is 1. The predicted molar refractivity (Wildman–Crippen MR) is 78.9 cm³/mol. The monoisotopic (exact) mass is 276 g/mol. The lowest BCUT2D eigenvalue weighted by atomic mass is 10.1. The van der Waals surface area contributed by atoms with Gasteiger partial charge in [-0.05, 0) is 30.3 Å². The van der Waals surface area contributed by atoms with Gasteiger partial charge in [0.2, 0.25) is 0 Å². The van der Waals surface area contributed by atoms with Crippen LogP contribution in [-0.4, -0.2) is 35.2 Å².